The fourth-order valence-electron chi connectivity index (χ4n) is 2.48. The van der Waals surface area contributed by atoms with Crippen molar-refractivity contribution >= 4 is 15.7 Å². The molecule has 0 aromatic carbocycles. The van der Waals surface area contributed by atoms with E-state index in [1.807, 2.05) is 19.2 Å². The van der Waals surface area contributed by atoms with Crippen LogP contribution in [0.3, 0.4) is 0 Å². The number of anilines is 1. The summed E-state index contributed by atoms with van der Waals surface area (Å²) in [5, 5.41) is 0. The van der Waals surface area contributed by atoms with E-state index in [0.29, 0.717) is 17.9 Å². The fraction of sp³-hybridized carbons (Fsp3) is 0.722. The Labute approximate surface area is 147 Å². The highest BCUT2D eigenvalue weighted by atomic mass is 32.2. The molecule has 24 heavy (non-hydrogen) atoms. The van der Waals surface area contributed by atoms with Crippen LogP contribution in [0.2, 0.25) is 0 Å². The van der Waals surface area contributed by atoms with Crippen LogP contribution in [0.15, 0.2) is 12.3 Å². The summed E-state index contributed by atoms with van der Waals surface area (Å²) in [6, 6.07) is 1.90. The van der Waals surface area contributed by atoms with Crippen molar-refractivity contribution in [2.24, 2.45) is 0 Å². The Morgan fingerprint density at radius 2 is 1.71 bits per heavy atom. The average Bonchev–Trinajstić information content (AvgIpc) is 2.46. The summed E-state index contributed by atoms with van der Waals surface area (Å²) in [4.78, 5) is 6.55. The minimum atomic E-state index is -3.38. The molecule has 138 valence electrons. The average molecular weight is 356 g/mol. The monoisotopic (exact) mass is 355 g/mol. The van der Waals surface area contributed by atoms with Gasteiger partial charge in [0.15, 0.2) is 0 Å². The van der Waals surface area contributed by atoms with Crippen LogP contribution < -0.4 is 4.72 Å². The minimum absolute atomic E-state index is 0.0695. The van der Waals surface area contributed by atoms with Crippen LogP contribution >= 0.6 is 0 Å². The molecule has 0 radical (unpaired) electrons. The molecule has 0 amide bonds. The number of aromatic nitrogens is 1. The van der Waals surface area contributed by atoms with E-state index in [4.69, 9.17) is 0 Å². The number of aryl methyl sites for hydroxylation is 1. The third-order valence-corrected chi connectivity index (χ3v) is 5.23. The summed E-state index contributed by atoms with van der Waals surface area (Å²) >= 11 is 0. The molecule has 1 aromatic rings. The maximum atomic E-state index is 12.5. The lowest BCUT2D eigenvalue weighted by atomic mass is 9.88. The van der Waals surface area contributed by atoms with Gasteiger partial charge in [-0.3, -0.25) is 9.71 Å². The molecule has 1 aromatic heterocycles. The van der Waals surface area contributed by atoms with Crippen LogP contribution in [0.25, 0.3) is 0 Å². The lowest BCUT2D eigenvalue weighted by Gasteiger charge is -2.22. The number of nitrogens with one attached hydrogen (secondary N) is 1. The number of nitrogens with zero attached hydrogens (tertiary/aromatic N) is 2. The molecule has 0 atom stereocenters. The van der Waals surface area contributed by atoms with E-state index in [1.54, 1.807) is 0 Å². The summed E-state index contributed by atoms with van der Waals surface area (Å²) < 4.78 is 27.6. The predicted molar refractivity (Wildman–Crippen MR) is 102 cm³/mol. The molecule has 0 saturated carbocycles. The molecule has 0 unspecified atom stereocenters. The number of rotatable bonds is 9. The van der Waals surface area contributed by atoms with Crippen molar-refractivity contribution in [3.63, 3.8) is 0 Å². The van der Waals surface area contributed by atoms with Gasteiger partial charge < -0.3 is 4.90 Å². The van der Waals surface area contributed by atoms with Crippen molar-refractivity contribution in [2.75, 3.05) is 30.1 Å². The zero-order chi connectivity index (χ0) is 18.4. The van der Waals surface area contributed by atoms with E-state index >= 15 is 0 Å². The van der Waals surface area contributed by atoms with Crippen LogP contribution in [0, 0.1) is 6.92 Å². The zero-order valence-corrected chi connectivity index (χ0v) is 16.8. The van der Waals surface area contributed by atoms with Crippen molar-refractivity contribution in [3.8, 4) is 0 Å². The van der Waals surface area contributed by atoms with Crippen LogP contribution in [0.5, 0.6) is 0 Å². The highest BCUT2D eigenvalue weighted by Crippen LogP contribution is 2.25. The van der Waals surface area contributed by atoms with Gasteiger partial charge in [-0.15, -0.1) is 0 Å². The highest BCUT2D eigenvalue weighted by Gasteiger charge is 2.19. The summed E-state index contributed by atoms with van der Waals surface area (Å²) in [5.74, 6) is 0.103. The van der Waals surface area contributed by atoms with E-state index in [2.05, 4.69) is 49.2 Å². The SMILES string of the molecule is CCCN(CCC)CCS(=O)(=O)Nc1cc(C(C)(C)C)cnc1C. The maximum absolute atomic E-state index is 12.5. The Balaban J connectivity index is 2.83. The van der Waals surface area contributed by atoms with Gasteiger partial charge in [-0.2, -0.15) is 0 Å². The lowest BCUT2D eigenvalue weighted by molar-refractivity contribution is 0.290. The first kappa shape index (κ1) is 20.9. The van der Waals surface area contributed by atoms with Gasteiger partial charge in [0.1, 0.15) is 0 Å². The number of pyridine rings is 1. The quantitative estimate of drug-likeness (QED) is 0.736. The molecular formula is C18H33N3O2S. The molecular weight excluding hydrogens is 322 g/mol. The first-order valence-electron chi connectivity index (χ1n) is 8.79. The van der Waals surface area contributed by atoms with Gasteiger partial charge >= 0.3 is 0 Å². The smallest absolute Gasteiger partial charge is 0.234 e. The van der Waals surface area contributed by atoms with E-state index in [-0.39, 0.29) is 11.2 Å². The van der Waals surface area contributed by atoms with Gasteiger partial charge in [0.05, 0.1) is 17.1 Å². The van der Waals surface area contributed by atoms with Crippen LogP contribution in [0.4, 0.5) is 5.69 Å². The molecule has 1 N–H and O–H groups in total. The van der Waals surface area contributed by atoms with Crippen LogP contribution in [-0.4, -0.2) is 43.7 Å². The molecule has 1 heterocycles. The Morgan fingerprint density at radius 1 is 1.12 bits per heavy atom. The number of sulfonamides is 1. The van der Waals surface area contributed by atoms with Crippen molar-refractivity contribution in [1.29, 1.82) is 0 Å². The Bertz CT molecular complexity index is 616. The molecule has 6 heteroatoms. The lowest BCUT2D eigenvalue weighted by Crippen LogP contribution is -2.32. The number of hydrogen-bond acceptors (Lipinski definition) is 4. The molecule has 0 aliphatic carbocycles. The molecule has 0 spiro atoms. The first-order valence-corrected chi connectivity index (χ1v) is 10.4. The summed E-state index contributed by atoms with van der Waals surface area (Å²) in [6.45, 7) is 14.7. The second kappa shape index (κ2) is 8.81. The molecule has 0 aliphatic heterocycles. The Hall–Kier alpha value is -1.14. The molecule has 0 aliphatic rings. The van der Waals surface area contributed by atoms with Gasteiger partial charge in [0.25, 0.3) is 0 Å². The van der Waals surface area contributed by atoms with Gasteiger partial charge in [0.2, 0.25) is 10.0 Å². The Morgan fingerprint density at radius 3 is 2.21 bits per heavy atom. The summed E-state index contributed by atoms with van der Waals surface area (Å²) in [6.07, 6.45) is 3.88. The van der Waals surface area contributed by atoms with Crippen molar-refractivity contribution in [3.05, 3.63) is 23.5 Å². The molecule has 0 saturated heterocycles. The Kier molecular flexibility index (Phi) is 7.67. The second-order valence-electron chi connectivity index (χ2n) is 7.37. The third-order valence-electron chi connectivity index (χ3n) is 3.97. The number of hydrogen-bond donors (Lipinski definition) is 1. The van der Waals surface area contributed by atoms with E-state index in [0.717, 1.165) is 31.5 Å². The maximum Gasteiger partial charge on any atom is 0.234 e. The topological polar surface area (TPSA) is 62.3 Å². The van der Waals surface area contributed by atoms with Crippen LogP contribution in [0.1, 0.15) is 58.7 Å². The van der Waals surface area contributed by atoms with E-state index in [9.17, 15) is 8.42 Å². The van der Waals surface area contributed by atoms with E-state index in [1.165, 1.54) is 0 Å². The van der Waals surface area contributed by atoms with Crippen molar-refractivity contribution in [2.45, 2.75) is 59.8 Å². The van der Waals surface area contributed by atoms with Gasteiger partial charge in [-0.05, 0) is 49.9 Å². The highest BCUT2D eigenvalue weighted by molar-refractivity contribution is 7.92. The standard InChI is InChI=1S/C18H33N3O2S/c1-7-9-21(10-8-2)11-12-24(22,23)20-17-13-16(18(4,5)6)14-19-15(17)3/h13-14,20H,7-12H2,1-6H3. The largest absolute Gasteiger partial charge is 0.302 e. The fourth-order valence-corrected chi connectivity index (χ4v) is 3.62. The predicted octanol–water partition coefficient (Wildman–Crippen LogP) is 3.55. The third kappa shape index (κ3) is 6.77. The normalized spacial score (nSPS) is 12.6. The van der Waals surface area contributed by atoms with Gasteiger partial charge in [-0.25, -0.2) is 8.42 Å². The minimum Gasteiger partial charge on any atom is -0.302 e. The van der Waals surface area contributed by atoms with Gasteiger partial charge in [-0.1, -0.05) is 34.6 Å². The summed E-state index contributed by atoms with van der Waals surface area (Å²) in [5.41, 5.74) is 2.23. The zero-order valence-electron chi connectivity index (χ0n) is 16.0. The molecule has 0 fully saturated rings. The second-order valence-corrected chi connectivity index (χ2v) is 9.21. The summed E-state index contributed by atoms with van der Waals surface area (Å²) in [7, 11) is -3.38. The first-order chi connectivity index (χ1) is 11.1. The molecule has 0 bridgehead atoms. The van der Waals surface area contributed by atoms with Gasteiger partial charge in [0, 0.05) is 12.7 Å². The van der Waals surface area contributed by atoms with E-state index < -0.39 is 10.0 Å². The van der Waals surface area contributed by atoms with Crippen molar-refractivity contribution in [1.82, 2.24) is 9.88 Å². The van der Waals surface area contributed by atoms with Crippen molar-refractivity contribution < 1.29 is 8.42 Å². The van der Waals surface area contributed by atoms with Crippen LogP contribution in [-0.2, 0) is 15.4 Å². The molecule has 5 nitrogen and oxygen atoms in total. The molecule has 1 rings (SSSR count).